The van der Waals surface area contributed by atoms with Crippen LogP contribution in [0.1, 0.15) is 19.7 Å². The fourth-order valence-corrected chi connectivity index (χ4v) is 2.96. The molecule has 2 heterocycles. The van der Waals surface area contributed by atoms with Crippen LogP contribution in [0.5, 0.6) is 0 Å². The van der Waals surface area contributed by atoms with Gasteiger partial charge in [0, 0.05) is 6.42 Å². The van der Waals surface area contributed by atoms with Gasteiger partial charge in [0.05, 0.1) is 33.2 Å². The highest BCUT2D eigenvalue weighted by atomic mass is 35.5. The zero-order valence-electron chi connectivity index (χ0n) is 12.2. The number of imidazole rings is 1. The molecule has 0 bridgehead atoms. The number of hydrogen-bond acceptors (Lipinski definition) is 3. The van der Waals surface area contributed by atoms with Crippen molar-refractivity contribution in [1.82, 2.24) is 14.9 Å². The van der Waals surface area contributed by atoms with E-state index in [1.165, 1.54) is 0 Å². The largest absolute Gasteiger partial charge is 0.389 e. The first-order valence-corrected chi connectivity index (χ1v) is 7.86. The van der Waals surface area contributed by atoms with Gasteiger partial charge in [-0.3, -0.25) is 0 Å². The molecule has 6 heteroatoms. The number of fused-ring (bicyclic) bond motifs is 1. The Morgan fingerprint density at radius 1 is 1.33 bits per heavy atom. The van der Waals surface area contributed by atoms with E-state index >= 15 is 0 Å². The highest BCUT2D eigenvalue weighted by Gasteiger charge is 2.24. The van der Waals surface area contributed by atoms with Crippen molar-refractivity contribution in [3.8, 4) is 0 Å². The van der Waals surface area contributed by atoms with Gasteiger partial charge >= 0.3 is 0 Å². The van der Waals surface area contributed by atoms with Gasteiger partial charge in [0.15, 0.2) is 0 Å². The third kappa shape index (κ3) is 3.19. The molecule has 4 nitrogen and oxygen atoms in total. The number of aromatic nitrogens is 2. The topological polar surface area (TPSA) is 50.1 Å². The number of hydrogen-bond donors (Lipinski definition) is 2. The lowest BCUT2D eigenvalue weighted by Gasteiger charge is -2.28. The van der Waals surface area contributed by atoms with Gasteiger partial charge in [-0.1, -0.05) is 23.2 Å². The lowest BCUT2D eigenvalue weighted by Crippen LogP contribution is -2.43. The quantitative estimate of drug-likeness (QED) is 0.907. The highest BCUT2D eigenvalue weighted by Crippen LogP contribution is 2.30. The van der Waals surface area contributed by atoms with Gasteiger partial charge in [0.1, 0.15) is 5.82 Å². The molecule has 114 valence electrons. The van der Waals surface area contributed by atoms with Gasteiger partial charge in [-0.2, -0.15) is 0 Å². The molecule has 1 fully saturated rings. The van der Waals surface area contributed by atoms with E-state index in [4.69, 9.17) is 28.2 Å². The van der Waals surface area contributed by atoms with E-state index in [0.717, 1.165) is 36.4 Å². The first-order chi connectivity index (χ1) is 9.83. The standard InChI is InChI=1S/C15H19Cl2N3O/c1-15(2,21)8-20-13-5-11(17)10(16)4-12(13)19-14(20)3-9-6-18-7-9/h4-5,9,18,21H,3,6-8H2,1-2H3. The van der Waals surface area contributed by atoms with Crippen LogP contribution in [-0.4, -0.2) is 33.3 Å². The normalized spacial score (nSPS) is 16.4. The summed E-state index contributed by atoms with van der Waals surface area (Å²) in [5.74, 6) is 1.59. The summed E-state index contributed by atoms with van der Waals surface area (Å²) >= 11 is 12.2. The minimum atomic E-state index is -0.813. The van der Waals surface area contributed by atoms with Crippen LogP contribution in [0.25, 0.3) is 11.0 Å². The highest BCUT2D eigenvalue weighted by molar-refractivity contribution is 6.42. The molecule has 1 aromatic heterocycles. The van der Waals surface area contributed by atoms with E-state index in [1.807, 2.05) is 6.07 Å². The predicted octanol–water partition coefficient (Wildman–Crippen LogP) is 2.88. The zero-order chi connectivity index (χ0) is 15.2. The van der Waals surface area contributed by atoms with Crippen molar-refractivity contribution >= 4 is 34.2 Å². The third-order valence-electron chi connectivity index (χ3n) is 3.75. The minimum absolute atomic E-state index is 0.483. The number of halogens is 2. The van der Waals surface area contributed by atoms with E-state index in [2.05, 4.69) is 9.88 Å². The van der Waals surface area contributed by atoms with Crippen molar-refractivity contribution in [3.05, 3.63) is 28.0 Å². The Morgan fingerprint density at radius 2 is 2.00 bits per heavy atom. The average Bonchev–Trinajstić information content (AvgIpc) is 2.61. The number of nitrogens with one attached hydrogen (secondary N) is 1. The van der Waals surface area contributed by atoms with Crippen LogP contribution in [0.3, 0.4) is 0 Å². The van der Waals surface area contributed by atoms with E-state index in [-0.39, 0.29) is 0 Å². The Kier molecular flexibility index (Phi) is 3.91. The summed E-state index contributed by atoms with van der Waals surface area (Å²) < 4.78 is 2.07. The summed E-state index contributed by atoms with van der Waals surface area (Å²) in [6.07, 6.45) is 0.896. The van der Waals surface area contributed by atoms with Crippen LogP contribution in [0.4, 0.5) is 0 Å². The summed E-state index contributed by atoms with van der Waals surface area (Å²) in [5, 5.41) is 14.5. The smallest absolute Gasteiger partial charge is 0.110 e. The van der Waals surface area contributed by atoms with Crippen LogP contribution in [-0.2, 0) is 13.0 Å². The summed E-state index contributed by atoms with van der Waals surface area (Å²) in [4.78, 5) is 4.70. The van der Waals surface area contributed by atoms with Crippen molar-refractivity contribution in [1.29, 1.82) is 0 Å². The maximum Gasteiger partial charge on any atom is 0.110 e. The van der Waals surface area contributed by atoms with Crippen LogP contribution in [0.2, 0.25) is 10.0 Å². The third-order valence-corrected chi connectivity index (χ3v) is 4.47. The lowest BCUT2D eigenvalue weighted by atomic mass is 9.99. The molecule has 2 N–H and O–H groups in total. The predicted molar refractivity (Wildman–Crippen MR) is 86.1 cm³/mol. The minimum Gasteiger partial charge on any atom is -0.389 e. The summed E-state index contributed by atoms with van der Waals surface area (Å²) in [7, 11) is 0. The molecule has 0 amide bonds. The zero-order valence-corrected chi connectivity index (χ0v) is 13.7. The van der Waals surface area contributed by atoms with Crippen molar-refractivity contribution < 1.29 is 5.11 Å². The first-order valence-electron chi connectivity index (χ1n) is 7.11. The Hall–Kier alpha value is -0.810. The van der Waals surface area contributed by atoms with E-state index < -0.39 is 5.60 Å². The van der Waals surface area contributed by atoms with E-state index in [0.29, 0.717) is 22.5 Å². The average molecular weight is 328 g/mol. The number of rotatable bonds is 4. The first kappa shape index (κ1) is 15.1. The summed E-state index contributed by atoms with van der Waals surface area (Å²) in [5.41, 5.74) is 0.941. The molecule has 0 radical (unpaired) electrons. The monoisotopic (exact) mass is 327 g/mol. The number of nitrogens with zero attached hydrogens (tertiary/aromatic N) is 2. The van der Waals surface area contributed by atoms with Crippen molar-refractivity contribution in [3.63, 3.8) is 0 Å². The molecule has 0 saturated carbocycles. The second-order valence-corrected chi connectivity index (χ2v) is 7.22. The van der Waals surface area contributed by atoms with Crippen molar-refractivity contribution in [2.24, 2.45) is 5.92 Å². The van der Waals surface area contributed by atoms with Gasteiger partial charge in [0.25, 0.3) is 0 Å². The lowest BCUT2D eigenvalue weighted by molar-refractivity contribution is 0.0615. The molecule has 1 saturated heterocycles. The second kappa shape index (κ2) is 5.43. The van der Waals surface area contributed by atoms with Crippen molar-refractivity contribution in [2.75, 3.05) is 13.1 Å². The fourth-order valence-electron chi connectivity index (χ4n) is 2.64. The van der Waals surface area contributed by atoms with Crippen LogP contribution in [0.15, 0.2) is 12.1 Å². The molecule has 1 aromatic carbocycles. The van der Waals surface area contributed by atoms with Crippen LogP contribution in [0, 0.1) is 5.92 Å². The summed E-state index contributed by atoms with van der Waals surface area (Å²) in [6.45, 7) is 6.12. The molecular formula is C15H19Cl2N3O. The van der Waals surface area contributed by atoms with Gasteiger partial charge in [-0.15, -0.1) is 0 Å². The molecule has 0 unspecified atom stereocenters. The number of aliphatic hydroxyl groups is 1. The SMILES string of the molecule is CC(C)(O)Cn1c(CC2CNC2)nc2cc(Cl)c(Cl)cc21. The Labute approximate surface area is 134 Å². The van der Waals surface area contributed by atoms with Gasteiger partial charge in [-0.05, 0) is 45.0 Å². The van der Waals surface area contributed by atoms with Gasteiger partial charge in [-0.25, -0.2) is 4.98 Å². The van der Waals surface area contributed by atoms with Crippen LogP contribution < -0.4 is 5.32 Å². The molecular weight excluding hydrogens is 309 g/mol. The van der Waals surface area contributed by atoms with Crippen LogP contribution >= 0.6 is 23.2 Å². The fraction of sp³-hybridized carbons (Fsp3) is 0.533. The van der Waals surface area contributed by atoms with E-state index in [1.54, 1.807) is 19.9 Å². The van der Waals surface area contributed by atoms with Crippen molar-refractivity contribution in [2.45, 2.75) is 32.4 Å². The second-order valence-electron chi connectivity index (χ2n) is 6.41. The molecule has 21 heavy (non-hydrogen) atoms. The molecule has 1 aliphatic rings. The molecule has 0 aliphatic carbocycles. The summed E-state index contributed by atoms with van der Waals surface area (Å²) in [6, 6.07) is 3.63. The van der Waals surface area contributed by atoms with Gasteiger partial charge < -0.3 is 15.0 Å². The maximum absolute atomic E-state index is 10.2. The maximum atomic E-state index is 10.2. The molecule has 1 aliphatic heterocycles. The molecule has 3 rings (SSSR count). The van der Waals surface area contributed by atoms with Gasteiger partial charge in [0.2, 0.25) is 0 Å². The Bertz CT molecular complexity index is 672. The molecule has 2 aromatic rings. The Morgan fingerprint density at radius 3 is 2.57 bits per heavy atom. The molecule has 0 atom stereocenters. The molecule has 0 spiro atoms. The number of benzene rings is 1. The van der Waals surface area contributed by atoms with E-state index in [9.17, 15) is 5.11 Å². The Balaban J connectivity index is 2.07.